The lowest BCUT2D eigenvalue weighted by molar-refractivity contribution is 0.197. The van der Waals surface area contributed by atoms with Gasteiger partial charge in [0.1, 0.15) is 23.4 Å². The van der Waals surface area contributed by atoms with E-state index in [1.54, 1.807) is 0 Å². The summed E-state index contributed by atoms with van der Waals surface area (Å²) in [4.78, 5) is 10.1. The van der Waals surface area contributed by atoms with Crippen LogP contribution in [0.1, 0.15) is 107 Å². The topological polar surface area (TPSA) is 48.6 Å². The third-order valence-corrected chi connectivity index (χ3v) is 10.6. The van der Waals surface area contributed by atoms with Gasteiger partial charge in [-0.2, -0.15) is 0 Å². The molecule has 8 rings (SSSR count). The quantitative estimate of drug-likeness (QED) is 0.165. The number of pyridine rings is 1. The zero-order chi connectivity index (χ0) is 37.8. The van der Waals surface area contributed by atoms with Crippen molar-refractivity contribution in [1.82, 2.24) is 9.55 Å². The van der Waals surface area contributed by atoms with E-state index in [1.807, 2.05) is 18.3 Å². The summed E-state index contributed by atoms with van der Waals surface area (Å²) in [6.45, 7) is 17.9. The SMILES string of the molecule is CC(C)c1cc(Oc2ccc3c4cc(C(C)(C)C)ccc4n(-c4cc(C(C)(C)C)ccn4)c3c2)cc(C2=N[C@H](c3ccccc3)[C@H](c3ccccc3)O2)c1. The van der Waals surface area contributed by atoms with E-state index < -0.39 is 0 Å². The summed E-state index contributed by atoms with van der Waals surface area (Å²) < 4.78 is 15.8. The van der Waals surface area contributed by atoms with Gasteiger partial charge in [0, 0.05) is 28.6 Å². The predicted octanol–water partition coefficient (Wildman–Crippen LogP) is 12.9. The van der Waals surface area contributed by atoms with Crippen molar-refractivity contribution < 1.29 is 9.47 Å². The summed E-state index contributed by atoms with van der Waals surface area (Å²) in [5.74, 6) is 3.28. The first kappa shape index (κ1) is 35.4. The van der Waals surface area contributed by atoms with Gasteiger partial charge in [0.15, 0.2) is 6.10 Å². The van der Waals surface area contributed by atoms with E-state index in [4.69, 9.17) is 19.5 Å². The van der Waals surface area contributed by atoms with Crippen LogP contribution in [0.2, 0.25) is 0 Å². The van der Waals surface area contributed by atoms with Crippen LogP contribution in [-0.2, 0) is 15.6 Å². The van der Waals surface area contributed by atoms with Gasteiger partial charge in [-0.25, -0.2) is 9.98 Å². The van der Waals surface area contributed by atoms with Crippen LogP contribution in [-0.4, -0.2) is 15.4 Å². The van der Waals surface area contributed by atoms with Gasteiger partial charge in [0.05, 0.1) is 11.0 Å². The van der Waals surface area contributed by atoms with Crippen molar-refractivity contribution in [2.45, 2.75) is 84.3 Å². The number of fused-ring (bicyclic) bond motifs is 3. The van der Waals surface area contributed by atoms with E-state index in [0.717, 1.165) is 56.0 Å². The molecule has 7 aromatic rings. The minimum Gasteiger partial charge on any atom is -0.467 e. The van der Waals surface area contributed by atoms with E-state index in [9.17, 15) is 0 Å². The fraction of sp³-hybridized carbons (Fsp3) is 0.265. The number of benzene rings is 5. The summed E-state index contributed by atoms with van der Waals surface area (Å²) in [5.41, 5.74) is 8.99. The molecule has 2 atom stereocenters. The normalized spacial score (nSPS) is 16.2. The van der Waals surface area contributed by atoms with Crippen LogP contribution < -0.4 is 4.74 Å². The molecule has 54 heavy (non-hydrogen) atoms. The highest BCUT2D eigenvalue weighted by molar-refractivity contribution is 6.09. The molecular weight excluding hydrogens is 663 g/mol. The standard InChI is InChI=1S/C49H49N3O2/c1-31(2)34-25-35(47-51-45(32-15-11-9-12-16-32)46(54-47)33-17-13-10-14-18-33)27-39(26-34)53-38-20-21-40-41-28-36(48(3,4)5)19-22-42(41)52(43(40)30-38)44-29-37(23-24-50-44)49(6,7)8/h9-31,45-46H,1-8H3/t45-,46+/m1/s1. The molecule has 1 aliphatic heterocycles. The first-order chi connectivity index (χ1) is 25.8. The highest BCUT2D eigenvalue weighted by Gasteiger charge is 2.34. The lowest BCUT2D eigenvalue weighted by Crippen LogP contribution is -2.12. The predicted molar refractivity (Wildman–Crippen MR) is 223 cm³/mol. The van der Waals surface area contributed by atoms with Crippen LogP contribution in [0.3, 0.4) is 0 Å². The summed E-state index contributed by atoms with van der Waals surface area (Å²) in [7, 11) is 0. The van der Waals surface area contributed by atoms with Crippen LogP contribution in [0.4, 0.5) is 0 Å². The smallest absolute Gasteiger partial charge is 0.217 e. The van der Waals surface area contributed by atoms with Crippen LogP contribution in [0, 0.1) is 0 Å². The Morgan fingerprint density at radius 3 is 2.00 bits per heavy atom. The van der Waals surface area contributed by atoms with Crippen molar-refractivity contribution in [1.29, 1.82) is 0 Å². The fourth-order valence-electron chi connectivity index (χ4n) is 7.40. The fourth-order valence-corrected chi connectivity index (χ4v) is 7.40. The monoisotopic (exact) mass is 711 g/mol. The molecular formula is C49H49N3O2. The minimum absolute atomic E-state index is 0.0151. The Kier molecular flexibility index (Phi) is 8.92. The maximum Gasteiger partial charge on any atom is 0.217 e. The van der Waals surface area contributed by atoms with Crippen LogP contribution in [0.5, 0.6) is 11.5 Å². The van der Waals surface area contributed by atoms with Crippen LogP contribution in [0.25, 0.3) is 27.6 Å². The number of ether oxygens (including phenoxy) is 2. The summed E-state index contributed by atoms with van der Waals surface area (Å²) in [6.07, 6.45) is 1.69. The van der Waals surface area contributed by atoms with E-state index >= 15 is 0 Å². The molecule has 0 bridgehead atoms. The zero-order valence-electron chi connectivity index (χ0n) is 32.6. The molecule has 272 valence electrons. The van der Waals surface area contributed by atoms with Gasteiger partial charge in [-0.05, 0) is 99.2 Å². The van der Waals surface area contributed by atoms with E-state index in [-0.39, 0.29) is 28.9 Å². The largest absolute Gasteiger partial charge is 0.467 e. The van der Waals surface area contributed by atoms with Crippen molar-refractivity contribution in [3.05, 3.63) is 167 Å². The zero-order valence-corrected chi connectivity index (χ0v) is 32.6. The second kappa shape index (κ2) is 13.6. The number of hydrogen-bond donors (Lipinski definition) is 0. The average molecular weight is 712 g/mol. The third-order valence-electron chi connectivity index (χ3n) is 10.6. The van der Waals surface area contributed by atoms with Crippen LogP contribution in [0.15, 0.2) is 139 Å². The van der Waals surface area contributed by atoms with E-state index in [1.165, 1.54) is 16.5 Å². The highest BCUT2D eigenvalue weighted by atomic mass is 16.5. The van der Waals surface area contributed by atoms with Crippen molar-refractivity contribution in [3.8, 4) is 17.3 Å². The molecule has 3 heterocycles. The molecule has 0 fully saturated rings. The average Bonchev–Trinajstić information content (AvgIpc) is 3.75. The third kappa shape index (κ3) is 6.80. The number of hydrogen-bond acceptors (Lipinski definition) is 4. The highest BCUT2D eigenvalue weighted by Crippen LogP contribution is 2.43. The van der Waals surface area contributed by atoms with Gasteiger partial charge in [-0.3, -0.25) is 4.57 Å². The molecule has 2 aromatic heterocycles. The Morgan fingerprint density at radius 1 is 0.630 bits per heavy atom. The van der Waals surface area contributed by atoms with Crippen molar-refractivity contribution in [2.75, 3.05) is 0 Å². The summed E-state index contributed by atoms with van der Waals surface area (Å²) in [5, 5.41) is 2.36. The maximum atomic E-state index is 6.80. The second-order valence-corrected chi connectivity index (χ2v) is 16.9. The van der Waals surface area contributed by atoms with Gasteiger partial charge in [-0.15, -0.1) is 0 Å². The lowest BCUT2D eigenvalue weighted by Gasteiger charge is -2.20. The van der Waals surface area contributed by atoms with Crippen molar-refractivity contribution >= 4 is 27.7 Å². The van der Waals surface area contributed by atoms with Gasteiger partial charge in [0.2, 0.25) is 5.90 Å². The van der Waals surface area contributed by atoms with E-state index in [2.05, 4.69) is 175 Å². The Balaban J connectivity index is 1.23. The maximum absolute atomic E-state index is 6.80. The van der Waals surface area contributed by atoms with Gasteiger partial charge in [-0.1, -0.05) is 122 Å². The molecule has 0 unspecified atom stereocenters. The Morgan fingerprint density at radius 2 is 1.31 bits per heavy atom. The van der Waals surface area contributed by atoms with Crippen molar-refractivity contribution in [3.63, 3.8) is 0 Å². The molecule has 0 amide bonds. The first-order valence-corrected chi connectivity index (χ1v) is 19.1. The molecule has 0 radical (unpaired) electrons. The Bertz CT molecular complexity index is 2500. The minimum atomic E-state index is -0.232. The Labute approximate surface area is 319 Å². The summed E-state index contributed by atoms with van der Waals surface area (Å²) >= 11 is 0. The van der Waals surface area contributed by atoms with Gasteiger partial charge < -0.3 is 9.47 Å². The van der Waals surface area contributed by atoms with Gasteiger partial charge >= 0.3 is 0 Å². The van der Waals surface area contributed by atoms with E-state index in [0.29, 0.717) is 5.90 Å². The number of nitrogens with zero attached hydrogens (tertiary/aromatic N) is 3. The summed E-state index contributed by atoms with van der Waals surface area (Å²) in [6, 6.07) is 44.6. The molecule has 1 aliphatic rings. The number of aromatic nitrogens is 2. The molecule has 5 heteroatoms. The molecule has 0 N–H and O–H groups in total. The molecule has 0 spiro atoms. The number of aliphatic imine (C=N–C) groups is 1. The molecule has 0 saturated carbocycles. The molecule has 5 nitrogen and oxygen atoms in total. The second-order valence-electron chi connectivity index (χ2n) is 16.9. The first-order valence-electron chi connectivity index (χ1n) is 19.1. The van der Waals surface area contributed by atoms with Crippen molar-refractivity contribution in [2.24, 2.45) is 4.99 Å². The van der Waals surface area contributed by atoms with Crippen LogP contribution >= 0.6 is 0 Å². The number of rotatable bonds is 7. The molecule has 0 saturated heterocycles. The lowest BCUT2D eigenvalue weighted by atomic mass is 9.86. The van der Waals surface area contributed by atoms with Gasteiger partial charge in [0.25, 0.3) is 0 Å². The Hall–Kier alpha value is -5.68. The molecule has 0 aliphatic carbocycles. The molecule has 5 aromatic carbocycles.